The van der Waals surface area contributed by atoms with Crippen LogP contribution in [0.5, 0.6) is 0 Å². The summed E-state index contributed by atoms with van der Waals surface area (Å²) in [4.78, 5) is 36.5. The fraction of sp³-hybridized carbons (Fsp3) is 0.500. The van der Waals surface area contributed by atoms with Gasteiger partial charge >= 0.3 is 12.0 Å². The van der Waals surface area contributed by atoms with Crippen molar-refractivity contribution in [2.75, 3.05) is 6.54 Å². The molecule has 19 heavy (non-hydrogen) atoms. The maximum atomic E-state index is 11.2. The number of carbonyl (C=O) groups excluding carboxylic acids is 2. The van der Waals surface area contributed by atoms with Gasteiger partial charge in [0.15, 0.2) is 5.82 Å². The van der Waals surface area contributed by atoms with Crippen molar-refractivity contribution in [3.05, 3.63) is 11.7 Å². The molecular weight excluding hydrogens is 256 g/mol. The van der Waals surface area contributed by atoms with Crippen molar-refractivity contribution in [3.8, 4) is 0 Å². The van der Waals surface area contributed by atoms with Gasteiger partial charge in [-0.3, -0.25) is 14.9 Å². The molecule has 1 rings (SSSR count). The number of hydrogen-bond acceptors (Lipinski definition) is 6. The Kier molecular flexibility index (Phi) is 5.45. The van der Waals surface area contributed by atoms with E-state index in [1.165, 1.54) is 0 Å². The van der Waals surface area contributed by atoms with Crippen molar-refractivity contribution < 1.29 is 24.0 Å². The number of carboxylic acid groups (broad SMARTS) is 1. The van der Waals surface area contributed by atoms with Crippen LogP contribution < -0.4 is 10.6 Å². The minimum Gasteiger partial charge on any atom is -0.481 e. The molecule has 3 N–H and O–H groups in total. The third-order valence-corrected chi connectivity index (χ3v) is 2.01. The van der Waals surface area contributed by atoms with Crippen LogP contribution >= 0.6 is 0 Å². The third-order valence-electron chi connectivity index (χ3n) is 2.01. The van der Waals surface area contributed by atoms with E-state index in [0.29, 0.717) is 18.1 Å². The quantitative estimate of drug-likeness (QED) is 0.640. The molecule has 0 saturated heterocycles. The van der Waals surface area contributed by atoms with E-state index >= 15 is 0 Å². The molecule has 0 saturated carbocycles. The number of urea groups is 1. The molecule has 9 nitrogen and oxygen atoms in total. The lowest BCUT2D eigenvalue weighted by Gasteiger charge is -2.04. The van der Waals surface area contributed by atoms with Crippen molar-refractivity contribution in [3.63, 3.8) is 0 Å². The van der Waals surface area contributed by atoms with E-state index in [9.17, 15) is 14.4 Å². The summed E-state index contributed by atoms with van der Waals surface area (Å²) in [5, 5.41) is 16.4. The number of rotatable bonds is 6. The zero-order valence-corrected chi connectivity index (χ0v) is 10.3. The number of aliphatic carboxylic acids is 1. The highest BCUT2D eigenvalue weighted by Gasteiger charge is 2.09. The molecule has 0 aromatic carbocycles. The Hall–Kier alpha value is -2.45. The van der Waals surface area contributed by atoms with Crippen LogP contribution in [0, 0.1) is 6.92 Å². The second-order valence-electron chi connectivity index (χ2n) is 3.68. The minimum absolute atomic E-state index is 0.222. The Balaban J connectivity index is 2.17. The Morgan fingerprint density at radius 3 is 2.63 bits per heavy atom. The summed E-state index contributed by atoms with van der Waals surface area (Å²) in [7, 11) is 0. The standard InChI is InChI=1S/C10H14N4O5/c1-6-12-8(19-14-6)4-5-11-10(18)13-7(15)2-3-9(16)17/h2-5H2,1H3,(H,16,17)(H2,11,13,15,18). The van der Waals surface area contributed by atoms with Crippen LogP contribution in [0.2, 0.25) is 0 Å². The molecule has 0 fully saturated rings. The van der Waals surface area contributed by atoms with Gasteiger partial charge in [0, 0.05) is 19.4 Å². The fourth-order valence-corrected chi connectivity index (χ4v) is 1.18. The Morgan fingerprint density at radius 2 is 2.05 bits per heavy atom. The highest BCUT2D eigenvalue weighted by molar-refractivity contribution is 5.95. The van der Waals surface area contributed by atoms with E-state index in [0.717, 1.165) is 0 Å². The zero-order chi connectivity index (χ0) is 14.3. The van der Waals surface area contributed by atoms with Crippen LogP contribution in [0.1, 0.15) is 24.6 Å². The molecule has 0 aliphatic carbocycles. The number of nitrogens with zero attached hydrogens (tertiary/aromatic N) is 2. The van der Waals surface area contributed by atoms with E-state index in [4.69, 9.17) is 9.63 Å². The summed E-state index contributed by atoms with van der Waals surface area (Å²) in [5.41, 5.74) is 0. The largest absolute Gasteiger partial charge is 0.481 e. The molecule has 0 atom stereocenters. The number of carbonyl (C=O) groups is 3. The topological polar surface area (TPSA) is 134 Å². The fourth-order valence-electron chi connectivity index (χ4n) is 1.18. The molecule has 0 unspecified atom stereocenters. The second kappa shape index (κ2) is 7.09. The van der Waals surface area contributed by atoms with Crippen LogP contribution in [-0.2, 0) is 16.0 Å². The van der Waals surface area contributed by atoms with Gasteiger partial charge in [-0.25, -0.2) is 4.79 Å². The van der Waals surface area contributed by atoms with Crippen LogP contribution in [0.15, 0.2) is 4.52 Å². The maximum absolute atomic E-state index is 11.2. The maximum Gasteiger partial charge on any atom is 0.321 e. The van der Waals surface area contributed by atoms with Gasteiger partial charge in [-0.05, 0) is 6.92 Å². The highest BCUT2D eigenvalue weighted by Crippen LogP contribution is 1.95. The molecule has 104 valence electrons. The molecule has 1 aromatic heterocycles. The summed E-state index contributed by atoms with van der Waals surface area (Å²) < 4.78 is 4.83. The Morgan fingerprint density at radius 1 is 1.32 bits per heavy atom. The zero-order valence-electron chi connectivity index (χ0n) is 10.3. The van der Waals surface area contributed by atoms with Crippen LogP contribution in [0.25, 0.3) is 0 Å². The van der Waals surface area contributed by atoms with E-state index in [1.54, 1.807) is 6.92 Å². The first kappa shape index (κ1) is 14.6. The SMILES string of the molecule is Cc1noc(CCNC(=O)NC(=O)CCC(=O)O)n1. The molecule has 0 aliphatic rings. The van der Waals surface area contributed by atoms with Gasteiger partial charge in [0.1, 0.15) is 0 Å². The number of aromatic nitrogens is 2. The molecule has 0 radical (unpaired) electrons. The summed E-state index contributed by atoms with van der Waals surface area (Å²) in [6, 6.07) is -0.688. The number of hydrogen-bond donors (Lipinski definition) is 3. The summed E-state index contributed by atoms with van der Waals surface area (Å²) in [6.45, 7) is 1.90. The van der Waals surface area contributed by atoms with Gasteiger partial charge in [-0.1, -0.05) is 5.16 Å². The molecule has 0 aliphatic heterocycles. The lowest BCUT2D eigenvalue weighted by atomic mass is 10.3. The van der Waals surface area contributed by atoms with Gasteiger partial charge in [0.25, 0.3) is 0 Å². The molecule has 0 spiro atoms. The molecular formula is C10H14N4O5. The predicted octanol–water partition coefficient (Wildman–Crippen LogP) is -0.389. The molecule has 1 heterocycles. The Labute approximate surface area is 108 Å². The second-order valence-corrected chi connectivity index (χ2v) is 3.68. The van der Waals surface area contributed by atoms with Crippen LogP contribution in [0.4, 0.5) is 4.79 Å². The van der Waals surface area contributed by atoms with E-state index in [-0.39, 0.29) is 19.4 Å². The number of amides is 3. The molecule has 0 bridgehead atoms. The first-order chi connectivity index (χ1) is 8.97. The lowest BCUT2D eigenvalue weighted by Crippen LogP contribution is -2.40. The average Bonchev–Trinajstić information content (AvgIpc) is 2.72. The first-order valence-corrected chi connectivity index (χ1v) is 5.56. The normalized spacial score (nSPS) is 9.95. The highest BCUT2D eigenvalue weighted by atomic mass is 16.5. The van der Waals surface area contributed by atoms with Crippen molar-refractivity contribution in [2.45, 2.75) is 26.2 Å². The predicted molar refractivity (Wildman–Crippen MR) is 61.2 cm³/mol. The number of nitrogens with one attached hydrogen (secondary N) is 2. The molecule has 9 heteroatoms. The molecule has 3 amide bonds. The summed E-state index contributed by atoms with van der Waals surface area (Å²) in [5.74, 6) is -0.853. The van der Waals surface area contributed by atoms with Crippen molar-refractivity contribution in [1.29, 1.82) is 0 Å². The van der Waals surface area contributed by atoms with Gasteiger partial charge in [-0.15, -0.1) is 0 Å². The van der Waals surface area contributed by atoms with Gasteiger partial charge in [-0.2, -0.15) is 4.98 Å². The van der Waals surface area contributed by atoms with Crippen molar-refractivity contribution in [2.24, 2.45) is 0 Å². The van der Waals surface area contributed by atoms with Gasteiger partial charge in [0.05, 0.1) is 6.42 Å². The summed E-state index contributed by atoms with van der Waals surface area (Å²) >= 11 is 0. The van der Waals surface area contributed by atoms with E-state index < -0.39 is 17.9 Å². The average molecular weight is 270 g/mol. The summed E-state index contributed by atoms with van der Waals surface area (Å²) in [6.07, 6.45) is -0.219. The lowest BCUT2D eigenvalue weighted by molar-refractivity contribution is -0.138. The van der Waals surface area contributed by atoms with Crippen LogP contribution in [-0.4, -0.2) is 39.7 Å². The minimum atomic E-state index is -1.10. The van der Waals surface area contributed by atoms with Gasteiger partial charge in [0.2, 0.25) is 11.8 Å². The Bertz CT molecular complexity index is 470. The molecule has 1 aromatic rings. The van der Waals surface area contributed by atoms with E-state index in [2.05, 4.69) is 15.5 Å². The van der Waals surface area contributed by atoms with Crippen molar-refractivity contribution in [1.82, 2.24) is 20.8 Å². The third kappa shape index (κ3) is 6.15. The first-order valence-electron chi connectivity index (χ1n) is 5.56. The van der Waals surface area contributed by atoms with Gasteiger partial charge < -0.3 is 14.9 Å². The van der Waals surface area contributed by atoms with Crippen molar-refractivity contribution >= 4 is 17.9 Å². The monoisotopic (exact) mass is 270 g/mol. The number of aryl methyl sites for hydroxylation is 1. The number of carboxylic acids is 1. The number of imide groups is 1. The van der Waals surface area contributed by atoms with Crippen LogP contribution in [0.3, 0.4) is 0 Å². The smallest absolute Gasteiger partial charge is 0.321 e. The van der Waals surface area contributed by atoms with E-state index in [1.807, 2.05) is 5.32 Å².